The Labute approximate surface area is 130 Å². The zero-order valence-electron chi connectivity index (χ0n) is 12.8. The molecule has 1 aromatic carbocycles. The Kier molecular flexibility index (Phi) is 7.28. The molecule has 0 aliphatic carbocycles. The summed E-state index contributed by atoms with van der Waals surface area (Å²) in [7, 11) is 1.72. The van der Waals surface area contributed by atoms with Crippen LogP contribution in [-0.2, 0) is 14.3 Å². The van der Waals surface area contributed by atoms with Gasteiger partial charge in [0.05, 0.1) is 6.04 Å². The van der Waals surface area contributed by atoms with Gasteiger partial charge >= 0.3 is 11.9 Å². The van der Waals surface area contributed by atoms with E-state index in [4.69, 9.17) is 15.7 Å². The van der Waals surface area contributed by atoms with Crippen LogP contribution in [0.2, 0.25) is 0 Å². The molecular formula is C16H22N2O4. The fourth-order valence-corrected chi connectivity index (χ4v) is 2.18. The van der Waals surface area contributed by atoms with E-state index in [9.17, 15) is 9.59 Å². The molecule has 0 aliphatic rings. The molecule has 0 unspecified atom stereocenters. The van der Waals surface area contributed by atoms with Crippen LogP contribution in [0.3, 0.4) is 0 Å². The van der Waals surface area contributed by atoms with Crippen molar-refractivity contribution in [3.05, 3.63) is 48.0 Å². The SMILES string of the molecule is CCC[C@@H]([C@H](OC(=O)/C=C/C(=O)O)c1ccccc1)N(C)N. The maximum Gasteiger partial charge on any atom is 0.331 e. The zero-order valence-corrected chi connectivity index (χ0v) is 12.8. The summed E-state index contributed by atoms with van der Waals surface area (Å²) in [5.41, 5.74) is 0.815. The Morgan fingerprint density at radius 2 is 1.95 bits per heavy atom. The second kappa shape index (κ2) is 8.96. The van der Waals surface area contributed by atoms with Crippen molar-refractivity contribution in [2.75, 3.05) is 7.05 Å². The predicted molar refractivity (Wildman–Crippen MR) is 82.7 cm³/mol. The van der Waals surface area contributed by atoms with Crippen LogP contribution < -0.4 is 5.84 Å². The molecule has 0 aromatic heterocycles. The molecule has 0 spiro atoms. The highest BCUT2D eigenvalue weighted by Gasteiger charge is 2.28. The van der Waals surface area contributed by atoms with Gasteiger partial charge in [-0.3, -0.25) is 5.84 Å². The lowest BCUT2D eigenvalue weighted by Gasteiger charge is -2.31. The summed E-state index contributed by atoms with van der Waals surface area (Å²) in [6.07, 6.45) is 2.70. The molecule has 3 N–H and O–H groups in total. The fourth-order valence-electron chi connectivity index (χ4n) is 2.18. The number of nitrogens with two attached hydrogens (primary N) is 1. The third kappa shape index (κ3) is 5.67. The van der Waals surface area contributed by atoms with Crippen molar-refractivity contribution in [2.45, 2.75) is 31.9 Å². The number of aliphatic carboxylic acids is 1. The van der Waals surface area contributed by atoms with Crippen LogP contribution in [-0.4, -0.2) is 35.1 Å². The molecule has 120 valence electrons. The molecule has 0 saturated carbocycles. The van der Waals surface area contributed by atoms with Gasteiger partial charge < -0.3 is 9.84 Å². The number of carboxylic acids is 1. The van der Waals surface area contributed by atoms with E-state index in [2.05, 4.69) is 0 Å². The lowest BCUT2D eigenvalue weighted by Crippen LogP contribution is -2.42. The van der Waals surface area contributed by atoms with E-state index >= 15 is 0 Å². The van der Waals surface area contributed by atoms with Crippen molar-refractivity contribution in [3.8, 4) is 0 Å². The molecule has 0 radical (unpaired) electrons. The number of ether oxygens (including phenoxy) is 1. The highest BCUT2D eigenvalue weighted by atomic mass is 16.5. The highest BCUT2D eigenvalue weighted by molar-refractivity contribution is 5.90. The van der Waals surface area contributed by atoms with Crippen molar-refractivity contribution in [2.24, 2.45) is 5.84 Å². The first kappa shape index (κ1) is 17.9. The Hall–Kier alpha value is -2.18. The van der Waals surface area contributed by atoms with Gasteiger partial charge in [-0.05, 0) is 12.0 Å². The smallest absolute Gasteiger partial charge is 0.331 e. The van der Waals surface area contributed by atoms with Gasteiger partial charge in [0.25, 0.3) is 0 Å². The summed E-state index contributed by atoms with van der Waals surface area (Å²) in [6, 6.07) is 9.07. The van der Waals surface area contributed by atoms with E-state index < -0.39 is 18.0 Å². The Morgan fingerprint density at radius 3 is 2.45 bits per heavy atom. The lowest BCUT2D eigenvalue weighted by atomic mass is 9.98. The van der Waals surface area contributed by atoms with Crippen molar-refractivity contribution >= 4 is 11.9 Å². The van der Waals surface area contributed by atoms with Gasteiger partial charge in [0.15, 0.2) is 0 Å². The van der Waals surface area contributed by atoms with E-state index in [0.717, 1.165) is 30.6 Å². The van der Waals surface area contributed by atoms with Gasteiger partial charge in [0.2, 0.25) is 0 Å². The maximum atomic E-state index is 11.8. The fraction of sp³-hybridized carbons (Fsp3) is 0.375. The van der Waals surface area contributed by atoms with Crippen LogP contribution in [0.4, 0.5) is 0 Å². The third-order valence-electron chi connectivity index (χ3n) is 3.19. The van der Waals surface area contributed by atoms with Crippen LogP contribution in [0, 0.1) is 0 Å². The molecular weight excluding hydrogens is 284 g/mol. The first-order chi connectivity index (χ1) is 10.5. The number of benzene rings is 1. The van der Waals surface area contributed by atoms with Crippen LogP contribution in [0.15, 0.2) is 42.5 Å². The number of carboxylic acid groups (broad SMARTS) is 1. The molecule has 0 heterocycles. The van der Waals surface area contributed by atoms with Crippen LogP contribution >= 0.6 is 0 Å². The Morgan fingerprint density at radius 1 is 1.32 bits per heavy atom. The number of esters is 1. The average Bonchev–Trinajstić information content (AvgIpc) is 2.49. The number of hydrogen-bond donors (Lipinski definition) is 2. The molecule has 0 amide bonds. The number of hydrogen-bond acceptors (Lipinski definition) is 5. The minimum atomic E-state index is -1.20. The number of carbonyl (C=O) groups excluding carboxylic acids is 1. The number of rotatable bonds is 8. The Bertz CT molecular complexity index is 514. The normalized spacial score (nSPS) is 14.0. The van der Waals surface area contributed by atoms with Gasteiger partial charge in [0, 0.05) is 19.2 Å². The van der Waals surface area contributed by atoms with E-state index in [0.29, 0.717) is 0 Å². The quantitative estimate of drug-likeness (QED) is 0.330. The second-order valence-corrected chi connectivity index (χ2v) is 4.96. The van der Waals surface area contributed by atoms with Gasteiger partial charge in [-0.1, -0.05) is 43.7 Å². The summed E-state index contributed by atoms with van der Waals surface area (Å²) in [5, 5.41) is 10.1. The van der Waals surface area contributed by atoms with E-state index in [1.165, 1.54) is 5.01 Å². The third-order valence-corrected chi connectivity index (χ3v) is 3.19. The first-order valence-electron chi connectivity index (χ1n) is 7.09. The maximum absolute atomic E-state index is 11.8. The zero-order chi connectivity index (χ0) is 16.5. The van der Waals surface area contributed by atoms with Crippen molar-refractivity contribution in [1.29, 1.82) is 0 Å². The molecule has 0 aliphatic heterocycles. The van der Waals surface area contributed by atoms with Crippen LogP contribution in [0.25, 0.3) is 0 Å². The monoisotopic (exact) mass is 306 g/mol. The second-order valence-electron chi connectivity index (χ2n) is 4.96. The van der Waals surface area contributed by atoms with E-state index in [-0.39, 0.29) is 6.04 Å². The van der Waals surface area contributed by atoms with Crippen LogP contribution in [0.5, 0.6) is 0 Å². The largest absolute Gasteiger partial charge is 0.478 e. The molecule has 0 saturated heterocycles. The summed E-state index contributed by atoms with van der Waals surface area (Å²) in [6.45, 7) is 2.02. The molecule has 22 heavy (non-hydrogen) atoms. The van der Waals surface area contributed by atoms with E-state index in [1.54, 1.807) is 7.05 Å². The van der Waals surface area contributed by atoms with Crippen LogP contribution in [0.1, 0.15) is 31.4 Å². The number of hydrazine groups is 1. The summed E-state index contributed by atoms with van der Waals surface area (Å²) >= 11 is 0. The topological polar surface area (TPSA) is 92.9 Å². The lowest BCUT2D eigenvalue weighted by molar-refractivity contribution is -0.147. The van der Waals surface area contributed by atoms with Gasteiger partial charge in [-0.15, -0.1) is 0 Å². The van der Waals surface area contributed by atoms with Crippen molar-refractivity contribution in [1.82, 2.24) is 5.01 Å². The van der Waals surface area contributed by atoms with Gasteiger partial charge in [-0.25, -0.2) is 14.6 Å². The molecule has 6 heteroatoms. The Balaban J connectivity index is 3.01. The molecule has 1 aromatic rings. The van der Waals surface area contributed by atoms with Crippen molar-refractivity contribution < 1.29 is 19.4 Å². The molecule has 0 fully saturated rings. The molecule has 1 rings (SSSR count). The minimum Gasteiger partial charge on any atom is -0.478 e. The summed E-state index contributed by atoms with van der Waals surface area (Å²) in [5.74, 6) is 3.98. The van der Waals surface area contributed by atoms with Crippen molar-refractivity contribution in [3.63, 3.8) is 0 Å². The van der Waals surface area contributed by atoms with E-state index in [1.807, 2.05) is 37.3 Å². The van der Waals surface area contributed by atoms with Gasteiger partial charge in [-0.2, -0.15) is 0 Å². The summed E-state index contributed by atoms with van der Waals surface area (Å²) in [4.78, 5) is 22.3. The number of likely N-dealkylation sites (N-methyl/N-ethyl adjacent to an activating group) is 1. The standard InChI is InChI=1S/C16H22N2O4/c1-3-7-13(18(2)17)16(12-8-5-4-6-9-12)22-15(21)11-10-14(19)20/h4-6,8-11,13,16H,3,7,17H2,1-2H3,(H,19,20)/b11-10+/t13-,16+/m0/s1. The highest BCUT2D eigenvalue weighted by Crippen LogP contribution is 2.26. The van der Waals surface area contributed by atoms with Gasteiger partial charge in [0.1, 0.15) is 6.10 Å². The molecule has 0 bridgehead atoms. The number of nitrogens with zero attached hydrogens (tertiary/aromatic N) is 1. The summed E-state index contributed by atoms with van der Waals surface area (Å²) < 4.78 is 5.45. The minimum absolute atomic E-state index is 0.199. The molecule has 6 nitrogen and oxygen atoms in total. The first-order valence-corrected chi connectivity index (χ1v) is 7.09. The molecule has 2 atom stereocenters. The number of carbonyl (C=O) groups is 2. The predicted octanol–water partition coefficient (Wildman–Crippen LogP) is 1.89. The average molecular weight is 306 g/mol.